The first-order valence-electron chi connectivity index (χ1n) is 6.29. The number of thiophene rings is 1. The van der Waals surface area contributed by atoms with Crippen molar-refractivity contribution in [3.05, 3.63) is 38.5 Å². The van der Waals surface area contributed by atoms with Crippen LogP contribution in [0.5, 0.6) is 0 Å². The first-order chi connectivity index (χ1) is 8.58. The van der Waals surface area contributed by atoms with Gasteiger partial charge in [0.1, 0.15) is 5.01 Å². The smallest absolute Gasteiger partial charge is 0.109 e. The van der Waals surface area contributed by atoms with Crippen molar-refractivity contribution >= 4 is 22.7 Å². The van der Waals surface area contributed by atoms with Crippen molar-refractivity contribution in [2.75, 3.05) is 0 Å². The maximum Gasteiger partial charge on any atom is 0.109 e. The minimum absolute atomic E-state index is 0.304. The Morgan fingerprint density at radius 3 is 2.56 bits per heavy atom. The van der Waals surface area contributed by atoms with E-state index in [4.69, 9.17) is 0 Å². The highest BCUT2D eigenvalue weighted by Gasteiger charge is 2.20. The van der Waals surface area contributed by atoms with Crippen molar-refractivity contribution < 1.29 is 0 Å². The maximum absolute atomic E-state index is 4.47. The van der Waals surface area contributed by atoms with Crippen LogP contribution in [0.25, 0.3) is 0 Å². The number of rotatable bonds is 5. The average Bonchev–Trinajstić information content (AvgIpc) is 2.95. The minimum atomic E-state index is 0.304. The van der Waals surface area contributed by atoms with Crippen molar-refractivity contribution in [2.24, 2.45) is 5.92 Å². The number of nitrogens with zero attached hydrogens (tertiary/aromatic N) is 1. The number of hydrogen-bond acceptors (Lipinski definition) is 4. The van der Waals surface area contributed by atoms with Crippen LogP contribution in [0.15, 0.2) is 23.7 Å². The molecule has 98 valence electrons. The number of aromatic nitrogens is 1. The maximum atomic E-state index is 4.47. The number of nitrogens with one attached hydrogen (secondary N) is 1. The van der Waals surface area contributed by atoms with Crippen molar-refractivity contribution in [1.29, 1.82) is 0 Å². The van der Waals surface area contributed by atoms with Gasteiger partial charge in [0.25, 0.3) is 0 Å². The van der Waals surface area contributed by atoms with Gasteiger partial charge in [0.05, 0.1) is 6.04 Å². The molecule has 0 fully saturated rings. The quantitative estimate of drug-likeness (QED) is 0.868. The van der Waals surface area contributed by atoms with Gasteiger partial charge in [-0.3, -0.25) is 0 Å². The van der Waals surface area contributed by atoms with Crippen LogP contribution in [0.2, 0.25) is 0 Å². The fourth-order valence-corrected chi connectivity index (χ4v) is 3.73. The molecule has 0 radical (unpaired) electrons. The van der Waals surface area contributed by atoms with Crippen LogP contribution in [-0.2, 0) is 0 Å². The molecule has 2 nitrogen and oxygen atoms in total. The van der Waals surface area contributed by atoms with Gasteiger partial charge in [-0.25, -0.2) is 4.98 Å². The average molecular weight is 280 g/mol. The summed E-state index contributed by atoms with van der Waals surface area (Å²) in [6, 6.07) is 5.04. The van der Waals surface area contributed by atoms with E-state index in [-0.39, 0.29) is 0 Å². The molecule has 0 bridgehead atoms. The molecule has 2 heterocycles. The Labute approximate surface area is 117 Å². The molecule has 0 aliphatic rings. The lowest BCUT2D eigenvalue weighted by Crippen LogP contribution is -2.27. The third kappa shape index (κ3) is 3.19. The largest absolute Gasteiger partial charge is 0.300 e. The molecular weight excluding hydrogens is 260 g/mol. The summed E-state index contributed by atoms with van der Waals surface area (Å²) >= 11 is 3.60. The van der Waals surface area contributed by atoms with Crippen LogP contribution in [0.1, 0.15) is 47.6 Å². The summed E-state index contributed by atoms with van der Waals surface area (Å²) < 4.78 is 0. The van der Waals surface area contributed by atoms with Crippen LogP contribution >= 0.6 is 22.7 Å². The Kier molecular flexibility index (Phi) is 4.54. The van der Waals surface area contributed by atoms with Crippen molar-refractivity contribution in [1.82, 2.24) is 10.3 Å². The lowest BCUT2D eigenvalue weighted by atomic mass is 10.0. The predicted molar refractivity (Wildman–Crippen MR) is 80.3 cm³/mol. The Hall–Kier alpha value is -0.710. The fourth-order valence-electron chi connectivity index (χ4n) is 1.98. The van der Waals surface area contributed by atoms with Gasteiger partial charge in [0.2, 0.25) is 0 Å². The molecule has 2 rings (SSSR count). The van der Waals surface area contributed by atoms with E-state index in [9.17, 15) is 0 Å². The summed E-state index contributed by atoms with van der Waals surface area (Å²) in [7, 11) is 0. The SMILES string of the molecule is Cc1cnc(C(C)NC(c2cccs2)C(C)C)s1. The van der Waals surface area contributed by atoms with E-state index in [2.05, 4.69) is 55.5 Å². The van der Waals surface area contributed by atoms with E-state index in [1.54, 1.807) is 11.3 Å². The van der Waals surface area contributed by atoms with Gasteiger partial charge < -0.3 is 5.32 Å². The van der Waals surface area contributed by atoms with E-state index in [1.165, 1.54) is 14.8 Å². The van der Waals surface area contributed by atoms with E-state index in [1.807, 2.05) is 17.5 Å². The molecule has 0 saturated carbocycles. The summed E-state index contributed by atoms with van der Waals surface area (Å²) in [5.74, 6) is 0.576. The first kappa shape index (κ1) is 13.7. The highest BCUT2D eigenvalue weighted by atomic mass is 32.1. The van der Waals surface area contributed by atoms with Crippen molar-refractivity contribution in [2.45, 2.75) is 39.8 Å². The number of thiazole rings is 1. The summed E-state index contributed by atoms with van der Waals surface area (Å²) in [5.41, 5.74) is 0. The molecule has 0 aliphatic carbocycles. The number of aryl methyl sites for hydroxylation is 1. The molecule has 2 aromatic rings. The third-order valence-corrected chi connectivity index (χ3v) is 5.01. The van der Waals surface area contributed by atoms with Crippen molar-refractivity contribution in [3.8, 4) is 0 Å². The summed E-state index contributed by atoms with van der Waals surface area (Å²) in [5, 5.41) is 7.03. The molecule has 0 aromatic carbocycles. The van der Waals surface area contributed by atoms with Crippen LogP contribution in [-0.4, -0.2) is 4.98 Å². The van der Waals surface area contributed by atoms with Gasteiger partial charge >= 0.3 is 0 Å². The molecule has 0 aliphatic heterocycles. The first-order valence-corrected chi connectivity index (χ1v) is 7.99. The predicted octanol–water partition coefficient (Wildman–Crippen LogP) is 4.56. The van der Waals surface area contributed by atoms with Gasteiger partial charge in [-0.05, 0) is 31.2 Å². The van der Waals surface area contributed by atoms with E-state index in [0.717, 1.165) is 0 Å². The Morgan fingerprint density at radius 1 is 1.28 bits per heavy atom. The zero-order chi connectivity index (χ0) is 13.1. The summed E-state index contributed by atoms with van der Waals surface area (Å²) in [6.07, 6.45) is 1.95. The van der Waals surface area contributed by atoms with Gasteiger partial charge in [-0.1, -0.05) is 19.9 Å². The second-order valence-corrected chi connectivity index (χ2v) is 7.18. The van der Waals surface area contributed by atoms with Crippen LogP contribution < -0.4 is 5.32 Å². The highest BCUT2D eigenvalue weighted by molar-refractivity contribution is 7.11. The zero-order valence-electron chi connectivity index (χ0n) is 11.3. The second-order valence-electron chi connectivity index (χ2n) is 4.93. The lowest BCUT2D eigenvalue weighted by molar-refractivity contribution is 0.379. The zero-order valence-corrected chi connectivity index (χ0v) is 12.9. The molecule has 4 heteroatoms. The van der Waals surface area contributed by atoms with Gasteiger partial charge in [0, 0.05) is 22.0 Å². The normalized spacial score (nSPS) is 14.9. The van der Waals surface area contributed by atoms with E-state index in [0.29, 0.717) is 18.0 Å². The molecular formula is C14H20N2S2. The molecule has 0 spiro atoms. The number of hydrogen-bond donors (Lipinski definition) is 1. The van der Waals surface area contributed by atoms with Gasteiger partial charge in [0.15, 0.2) is 0 Å². The highest BCUT2D eigenvalue weighted by Crippen LogP contribution is 2.29. The Bertz CT molecular complexity index is 474. The molecule has 0 amide bonds. The summed E-state index contributed by atoms with van der Waals surface area (Å²) in [4.78, 5) is 7.15. The lowest BCUT2D eigenvalue weighted by Gasteiger charge is -2.24. The van der Waals surface area contributed by atoms with Crippen LogP contribution in [0, 0.1) is 12.8 Å². The standard InChI is InChI=1S/C14H20N2S2/c1-9(2)13(12-6-5-7-17-12)16-11(4)14-15-8-10(3)18-14/h5-9,11,13,16H,1-4H3. The van der Waals surface area contributed by atoms with Crippen LogP contribution in [0.4, 0.5) is 0 Å². The van der Waals surface area contributed by atoms with Crippen molar-refractivity contribution in [3.63, 3.8) is 0 Å². The Morgan fingerprint density at radius 2 is 2.06 bits per heavy atom. The van der Waals surface area contributed by atoms with Gasteiger partial charge in [-0.2, -0.15) is 0 Å². The molecule has 18 heavy (non-hydrogen) atoms. The molecule has 1 N–H and O–H groups in total. The fraction of sp³-hybridized carbons (Fsp3) is 0.500. The van der Waals surface area contributed by atoms with E-state index >= 15 is 0 Å². The van der Waals surface area contributed by atoms with Gasteiger partial charge in [-0.15, -0.1) is 22.7 Å². The molecule has 2 aromatic heterocycles. The summed E-state index contributed by atoms with van der Waals surface area (Å²) in [6.45, 7) is 8.82. The Balaban J connectivity index is 2.10. The minimum Gasteiger partial charge on any atom is -0.300 e. The monoisotopic (exact) mass is 280 g/mol. The van der Waals surface area contributed by atoms with E-state index < -0.39 is 0 Å². The topological polar surface area (TPSA) is 24.9 Å². The van der Waals surface area contributed by atoms with Crippen LogP contribution in [0.3, 0.4) is 0 Å². The second kappa shape index (κ2) is 5.95. The third-order valence-electron chi connectivity index (χ3n) is 2.96. The molecule has 2 unspecified atom stereocenters. The molecule has 2 atom stereocenters. The molecule has 0 saturated heterocycles.